The molecule has 32 heavy (non-hydrogen) atoms. The minimum atomic E-state index is -0.713. The summed E-state index contributed by atoms with van der Waals surface area (Å²) < 4.78 is 5.87. The number of fused-ring (bicyclic) bond motifs is 5. The van der Waals surface area contributed by atoms with Crippen molar-refractivity contribution < 1.29 is 19.7 Å². The Morgan fingerprint density at radius 1 is 1.00 bits per heavy atom. The molecule has 0 bridgehead atoms. The van der Waals surface area contributed by atoms with Gasteiger partial charge in [-0.1, -0.05) is 53.9 Å². The molecule has 0 aromatic carbocycles. The maximum atomic E-state index is 12.6. The number of cyclic esters (lactones) is 1. The number of aliphatic hydroxyl groups excluding tert-OH is 2. The van der Waals surface area contributed by atoms with Crippen LogP contribution < -0.4 is 0 Å². The van der Waals surface area contributed by atoms with E-state index in [1.807, 2.05) is 0 Å². The normalized spacial score (nSPS) is 47.6. The zero-order valence-electron chi connectivity index (χ0n) is 21.2. The Morgan fingerprint density at radius 2 is 1.72 bits per heavy atom. The predicted molar refractivity (Wildman–Crippen MR) is 127 cm³/mol. The number of carbonyl (C=O) groups excluding carboxylic acids is 1. The van der Waals surface area contributed by atoms with E-state index >= 15 is 0 Å². The van der Waals surface area contributed by atoms with Crippen LogP contribution in [0.5, 0.6) is 0 Å². The van der Waals surface area contributed by atoms with Gasteiger partial charge in [0.2, 0.25) is 0 Å². The lowest BCUT2D eigenvalue weighted by Crippen LogP contribution is -2.56. The van der Waals surface area contributed by atoms with Crippen molar-refractivity contribution in [1.29, 1.82) is 0 Å². The molecule has 4 aliphatic rings. The number of hydrogen-bond acceptors (Lipinski definition) is 4. The smallest absolute Gasteiger partial charge is 0.306 e. The Bertz CT molecular complexity index is 676. The van der Waals surface area contributed by atoms with E-state index in [2.05, 4.69) is 34.6 Å². The highest BCUT2D eigenvalue weighted by molar-refractivity contribution is 5.70. The molecule has 4 heteroatoms. The molecule has 4 nitrogen and oxygen atoms in total. The van der Waals surface area contributed by atoms with Crippen LogP contribution in [0.25, 0.3) is 0 Å². The zero-order valence-corrected chi connectivity index (χ0v) is 21.2. The van der Waals surface area contributed by atoms with Crippen molar-refractivity contribution in [2.24, 2.45) is 52.3 Å². The highest BCUT2D eigenvalue weighted by Gasteiger charge is 2.60. The van der Waals surface area contributed by atoms with Gasteiger partial charge in [0.15, 0.2) is 0 Å². The molecule has 1 heterocycles. The molecule has 0 aromatic rings. The number of esters is 1. The molecule has 2 N–H and O–H groups in total. The Balaban J connectivity index is 1.56. The van der Waals surface area contributed by atoms with Crippen LogP contribution in [0.3, 0.4) is 0 Å². The maximum absolute atomic E-state index is 12.6. The fourth-order valence-corrected chi connectivity index (χ4v) is 9.05. The molecular weight excluding hydrogens is 400 g/mol. The molecule has 1 aliphatic heterocycles. The number of ether oxygens (including phenoxy) is 1. The molecule has 3 aliphatic carbocycles. The predicted octanol–water partition coefficient (Wildman–Crippen LogP) is 5.59. The number of carbonyl (C=O) groups is 1. The van der Waals surface area contributed by atoms with Gasteiger partial charge in [-0.25, -0.2) is 0 Å². The second kappa shape index (κ2) is 9.21. The topological polar surface area (TPSA) is 66.8 Å². The summed E-state index contributed by atoms with van der Waals surface area (Å²) in [6, 6.07) is 0. The van der Waals surface area contributed by atoms with Gasteiger partial charge in [-0.3, -0.25) is 4.79 Å². The maximum Gasteiger partial charge on any atom is 0.306 e. The van der Waals surface area contributed by atoms with Crippen LogP contribution in [-0.2, 0) is 9.53 Å². The summed E-state index contributed by atoms with van der Waals surface area (Å²) in [6.07, 6.45) is 9.12. The Hall–Kier alpha value is -0.610. The van der Waals surface area contributed by atoms with Gasteiger partial charge >= 0.3 is 5.97 Å². The third-order valence-electron chi connectivity index (χ3n) is 10.9. The van der Waals surface area contributed by atoms with Crippen molar-refractivity contribution in [2.45, 2.75) is 111 Å². The van der Waals surface area contributed by atoms with E-state index in [-0.39, 0.29) is 17.3 Å². The van der Waals surface area contributed by atoms with Crippen LogP contribution in [0.1, 0.15) is 98.8 Å². The quantitative estimate of drug-likeness (QED) is 0.538. The lowest BCUT2D eigenvalue weighted by atomic mass is 9.47. The van der Waals surface area contributed by atoms with Gasteiger partial charge < -0.3 is 14.9 Å². The second-order valence-corrected chi connectivity index (χ2v) is 13.1. The third kappa shape index (κ3) is 4.28. The number of aliphatic hydroxyl groups is 2. The minimum absolute atomic E-state index is 0.0922. The molecule has 10 atom stereocenters. The van der Waals surface area contributed by atoms with Crippen molar-refractivity contribution >= 4 is 5.97 Å². The number of rotatable bonds is 5. The number of hydrogen-bond donors (Lipinski definition) is 2. The van der Waals surface area contributed by atoms with Gasteiger partial charge in [0.1, 0.15) is 0 Å². The molecule has 0 radical (unpaired) electrons. The molecule has 0 spiro atoms. The van der Waals surface area contributed by atoms with E-state index in [1.54, 1.807) is 0 Å². The molecule has 1 saturated heterocycles. The summed E-state index contributed by atoms with van der Waals surface area (Å²) in [7, 11) is 0. The molecule has 0 unspecified atom stereocenters. The Labute approximate surface area is 195 Å². The highest BCUT2D eigenvalue weighted by Crippen LogP contribution is 2.66. The molecule has 3 saturated carbocycles. The summed E-state index contributed by atoms with van der Waals surface area (Å²) >= 11 is 0. The summed E-state index contributed by atoms with van der Waals surface area (Å²) in [5.41, 5.74) is 0.244. The summed E-state index contributed by atoms with van der Waals surface area (Å²) in [4.78, 5) is 12.6. The monoisotopic (exact) mass is 448 g/mol. The first-order valence-electron chi connectivity index (χ1n) is 13.6. The third-order valence-corrected chi connectivity index (χ3v) is 10.9. The van der Waals surface area contributed by atoms with Gasteiger partial charge in [-0.05, 0) is 90.8 Å². The van der Waals surface area contributed by atoms with E-state index in [1.165, 1.54) is 44.9 Å². The largest absolute Gasteiger partial charge is 0.465 e. The molecule has 4 fully saturated rings. The van der Waals surface area contributed by atoms with Gasteiger partial charge in [-0.2, -0.15) is 0 Å². The van der Waals surface area contributed by atoms with Crippen molar-refractivity contribution in [3.05, 3.63) is 0 Å². The summed E-state index contributed by atoms with van der Waals surface area (Å²) in [6.45, 7) is 12.5. The zero-order chi connectivity index (χ0) is 23.3. The first-order valence-corrected chi connectivity index (χ1v) is 13.6. The molecule has 0 amide bonds. The summed E-state index contributed by atoms with van der Waals surface area (Å²) in [5, 5.41) is 21.0. The van der Waals surface area contributed by atoms with Gasteiger partial charge in [-0.15, -0.1) is 0 Å². The van der Waals surface area contributed by atoms with Crippen LogP contribution in [0.2, 0.25) is 0 Å². The highest BCUT2D eigenvalue weighted by atomic mass is 16.5. The minimum Gasteiger partial charge on any atom is -0.465 e. The SMILES string of the molecule is CC(C)CCC[C@@H](C)[C@H]1CC[C@H]2[C@@H]3COC(=O)C[C@H]4C[C@H](O)[C@H](O)C[C@]4(C)[C@H]3CC[C@]12C. The van der Waals surface area contributed by atoms with E-state index in [4.69, 9.17) is 4.74 Å². The van der Waals surface area contributed by atoms with E-state index in [9.17, 15) is 15.0 Å². The Kier molecular flexibility index (Phi) is 7.05. The van der Waals surface area contributed by atoms with Crippen LogP contribution in [-0.4, -0.2) is 35.0 Å². The van der Waals surface area contributed by atoms with Crippen LogP contribution in [0.4, 0.5) is 0 Å². The van der Waals surface area contributed by atoms with E-state index < -0.39 is 12.2 Å². The van der Waals surface area contributed by atoms with E-state index in [0.717, 1.165) is 17.8 Å². The van der Waals surface area contributed by atoms with Crippen molar-refractivity contribution in [3.63, 3.8) is 0 Å². The van der Waals surface area contributed by atoms with Crippen LogP contribution >= 0.6 is 0 Å². The molecule has 0 aromatic heterocycles. The van der Waals surface area contributed by atoms with Gasteiger partial charge in [0.05, 0.1) is 18.8 Å². The Morgan fingerprint density at radius 3 is 2.44 bits per heavy atom. The van der Waals surface area contributed by atoms with Gasteiger partial charge in [0, 0.05) is 6.42 Å². The first-order chi connectivity index (χ1) is 15.1. The van der Waals surface area contributed by atoms with Crippen molar-refractivity contribution in [3.8, 4) is 0 Å². The van der Waals surface area contributed by atoms with Crippen molar-refractivity contribution in [1.82, 2.24) is 0 Å². The molecule has 184 valence electrons. The average molecular weight is 449 g/mol. The van der Waals surface area contributed by atoms with E-state index in [0.29, 0.717) is 49.0 Å². The first kappa shape index (κ1) is 24.5. The standard InChI is InChI=1S/C28H48O4/c1-17(2)7-6-8-18(3)21-9-10-22-20-16-32-26(31)14-19-13-24(29)25(30)15-28(19,5)23(20)11-12-27(21,22)4/h17-25,29-30H,6-16H2,1-5H3/t18-,19-,20+,21-,22+,23+,24+,25-,27-,28+/m1/s1. The van der Waals surface area contributed by atoms with Crippen LogP contribution in [0.15, 0.2) is 0 Å². The average Bonchev–Trinajstić information content (AvgIpc) is 3.06. The van der Waals surface area contributed by atoms with Crippen LogP contribution in [0, 0.1) is 52.3 Å². The van der Waals surface area contributed by atoms with Gasteiger partial charge in [0.25, 0.3) is 0 Å². The molecule has 4 rings (SSSR count). The lowest BCUT2D eigenvalue weighted by Gasteiger charge is -2.59. The lowest BCUT2D eigenvalue weighted by molar-refractivity contribution is -0.179. The fraction of sp³-hybridized carbons (Fsp3) is 0.964. The second-order valence-electron chi connectivity index (χ2n) is 13.1. The molecular formula is C28H48O4. The summed E-state index contributed by atoms with van der Waals surface area (Å²) in [5.74, 6) is 3.77. The fourth-order valence-electron chi connectivity index (χ4n) is 9.05. The van der Waals surface area contributed by atoms with Crippen molar-refractivity contribution in [2.75, 3.05) is 6.61 Å².